The van der Waals surface area contributed by atoms with Crippen LogP contribution in [0.15, 0.2) is 41.8 Å². The van der Waals surface area contributed by atoms with E-state index >= 15 is 0 Å². The van der Waals surface area contributed by atoms with E-state index in [0.717, 1.165) is 0 Å². The monoisotopic (exact) mass is 173 g/mol. The second-order valence-electron chi connectivity index (χ2n) is 3.86. The smallest absolute Gasteiger partial charge is 0.0273 e. The highest BCUT2D eigenvalue weighted by Gasteiger charge is 2.19. The van der Waals surface area contributed by atoms with Crippen LogP contribution in [0.4, 0.5) is 0 Å². The van der Waals surface area contributed by atoms with Gasteiger partial charge in [-0.3, -0.25) is 0 Å². The molecule has 1 aromatic rings. The van der Waals surface area contributed by atoms with E-state index in [-0.39, 0.29) is 0 Å². The van der Waals surface area contributed by atoms with Gasteiger partial charge in [0.15, 0.2) is 0 Å². The third kappa shape index (κ3) is 1.35. The summed E-state index contributed by atoms with van der Waals surface area (Å²) in [6, 6.07) is 2.20. The number of aromatic nitrogens is 1. The van der Waals surface area contributed by atoms with Crippen molar-refractivity contribution in [1.82, 2.24) is 4.57 Å². The second-order valence-corrected chi connectivity index (χ2v) is 3.86. The molecule has 0 fully saturated rings. The van der Waals surface area contributed by atoms with Gasteiger partial charge < -0.3 is 4.57 Å². The molecule has 0 amide bonds. The topological polar surface area (TPSA) is 4.93 Å². The Bertz CT molecular complexity index is 362. The van der Waals surface area contributed by atoms with E-state index in [2.05, 4.69) is 56.1 Å². The molecule has 0 bridgehead atoms. The summed E-state index contributed by atoms with van der Waals surface area (Å²) in [6.45, 7) is 4.40. The molecule has 0 saturated heterocycles. The molecule has 0 aromatic carbocycles. The van der Waals surface area contributed by atoms with Crippen molar-refractivity contribution in [2.75, 3.05) is 0 Å². The van der Waals surface area contributed by atoms with E-state index in [1.54, 1.807) is 0 Å². The minimum absolute atomic E-state index is 0.529. The Labute approximate surface area is 79.4 Å². The molecular weight excluding hydrogens is 158 g/mol. The first-order chi connectivity index (χ1) is 6.18. The standard InChI is InChI=1S/C12H15N/c1-9-4-5-10(2)12(9)11-6-7-13(3)8-11/h4-8,12H,1-3H3. The molecular formula is C12H15N. The molecule has 1 nitrogen and oxygen atoms in total. The molecule has 0 saturated carbocycles. The normalized spacial score (nSPS) is 17.5. The number of hydrogen-bond donors (Lipinski definition) is 0. The Morgan fingerprint density at radius 3 is 2.23 bits per heavy atom. The van der Waals surface area contributed by atoms with E-state index in [0.29, 0.717) is 5.92 Å². The Hall–Kier alpha value is -1.24. The average Bonchev–Trinajstić information content (AvgIpc) is 2.60. The molecule has 1 heteroatoms. The minimum atomic E-state index is 0.529. The second kappa shape index (κ2) is 2.91. The Balaban J connectivity index is 2.36. The van der Waals surface area contributed by atoms with E-state index in [1.165, 1.54) is 16.7 Å². The number of hydrogen-bond acceptors (Lipinski definition) is 0. The van der Waals surface area contributed by atoms with Crippen molar-refractivity contribution in [2.24, 2.45) is 7.05 Å². The van der Waals surface area contributed by atoms with Crippen LogP contribution in [0, 0.1) is 0 Å². The van der Waals surface area contributed by atoms with Crippen LogP contribution < -0.4 is 0 Å². The van der Waals surface area contributed by atoms with Gasteiger partial charge in [-0.15, -0.1) is 0 Å². The van der Waals surface area contributed by atoms with E-state index < -0.39 is 0 Å². The molecule has 0 atom stereocenters. The molecule has 2 rings (SSSR count). The van der Waals surface area contributed by atoms with Gasteiger partial charge in [-0.25, -0.2) is 0 Å². The number of nitrogens with zero attached hydrogens (tertiary/aromatic N) is 1. The number of allylic oxidation sites excluding steroid dienone is 4. The van der Waals surface area contributed by atoms with Gasteiger partial charge in [-0.2, -0.15) is 0 Å². The Morgan fingerprint density at radius 2 is 1.77 bits per heavy atom. The maximum Gasteiger partial charge on any atom is 0.0273 e. The fourth-order valence-electron chi connectivity index (χ4n) is 2.04. The molecule has 13 heavy (non-hydrogen) atoms. The lowest BCUT2D eigenvalue weighted by atomic mass is 9.92. The number of aryl methyl sites for hydroxylation is 1. The largest absolute Gasteiger partial charge is 0.357 e. The zero-order valence-electron chi connectivity index (χ0n) is 8.41. The summed E-state index contributed by atoms with van der Waals surface area (Å²) < 4.78 is 2.11. The van der Waals surface area contributed by atoms with Crippen LogP contribution in [0.3, 0.4) is 0 Å². The van der Waals surface area contributed by atoms with Gasteiger partial charge in [0.25, 0.3) is 0 Å². The molecule has 0 spiro atoms. The van der Waals surface area contributed by atoms with Gasteiger partial charge in [0.2, 0.25) is 0 Å². The molecule has 0 radical (unpaired) electrons. The van der Waals surface area contributed by atoms with Crippen molar-refractivity contribution < 1.29 is 0 Å². The zero-order valence-corrected chi connectivity index (χ0v) is 8.41. The molecule has 0 aliphatic heterocycles. The highest BCUT2D eigenvalue weighted by Crippen LogP contribution is 2.35. The summed E-state index contributed by atoms with van der Waals surface area (Å²) in [5.74, 6) is 0.529. The maximum atomic E-state index is 2.22. The summed E-state index contributed by atoms with van der Waals surface area (Å²) >= 11 is 0. The molecule has 1 aliphatic rings. The van der Waals surface area contributed by atoms with Crippen LogP contribution >= 0.6 is 0 Å². The van der Waals surface area contributed by atoms with Gasteiger partial charge in [0, 0.05) is 25.4 Å². The van der Waals surface area contributed by atoms with Crippen molar-refractivity contribution in [3.63, 3.8) is 0 Å². The van der Waals surface area contributed by atoms with Crippen LogP contribution in [0.25, 0.3) is 0 Å². The molecule has 1 aliphatic carbocycles. The summed E-state index contributed by atoms with van der Waals surface area (Å²) in [7, 11) is 2.07. The maximum absolute atomic E-state index is 2.22. The van der Waals surface area contributed by atoms with Crippen LogP contribution in [0.1, 0.15) is 25.3 Å². The van der Waals surface area contributed by atoms with Crippen LogP contribution in [0.2, 0.25) is 0 Å². The van der Waals surface area contributed by atoms with Crippen molar-refractivity contribution in [2.45, 2.75) is 19.8 Å². The highest BCUT2D eigenvalue weighted by molar-refractivity contribution is 5.43. The van der Waals surface area contributed by atoms with Gasteiger partial charge in [-0.1, -0.05) is 23.3 Å². The summed E-state index contributed by atoms with van der Waals surface area (Å²) in [6.07, 6.45) is 8.74. The number of rotatable bonds is 1. The molecule has 68 valence electrons. The van der Waals surface area contributed by atoms with E-state index in [1.807, 2.05) is 0 Å². The van der Waals surface area contributed by atoms with E-state index in [4.69, 9.17) is 0 Å². The van der Waals surface area contributed by atoms with Gasteiger partial charge in [0.1, 0.15) is 0 Å². The Kier molecular flexibility index (Phi) is 1.87. The van der Waals surface area contributed by atoms with Crippen molar-refractivity contribution in [1.29, 1.82) is 0 Å². The fourth-order valence-corrected chi connectivity index (χ4v) is 2.04. The van der Waals surface area contributed by atoms with Gasteiger partial charge in [0.05, 0.1) is 0 Å². The molecule has 0 unspecified atom stereocenters. The van der Waals surface area contributed by atoms with Crippen molar-refractivity contribution in [3.8, 4) is 0 Å². The zero-order chi connectivity index (χ0) is 9.42. The molecule has 0 N–H and O–H groups in total. The van der Waals surface area contributed by atoms with Crippen molar-refractivity contribution in [3.05, 3.63) is 47.3 Å². The van der Waals surface area contributed by atoms with Crippen molar-refractivity contribution >= 4 is 0 Å². The van der Waals surface area contributed by atoms with Crippen LogP contribution in [-0.2, 0) is 7.05 Å². The predicted molar refractivity (Wildman–Crippen MR) is 55.7 cm³/mol. The SMILES string of the molecule is CC1=CC=C(C)C1c1ccn(C)c1. The summed E-state index contributed by atoms with van der Waals surface area (Å²) in [5.41, 5.74) is 4.30. The summed E-state index contributed by atoms with van der Waals surface area (Å²) in [5, 5.41) is 0. The van der Waals surface area contributed by atoms with E-state index in [9.17, 15) is 0 Å². The molecule has 1 aromatic heterocycles. The summed E-state index contributed by atoms with van der Waals surface area (Å²) in [4.78, 5) is 0. The van der Waals surface area contributed by atoms with Crippen LogP contribution in [0.5, 0.6) is 0 Å². The first-order valence-electron chi connectivity index (χ1n) is 4.65. The third-order valence-corrected chi connectivity index (χ3v) is 2.71. The van der Waals surface area contributed by atoms with Gasteiger partial charge >= 0.3 is 0 Å². The average molecular weight is 173 g/mol. The first kappa shape index (κ1) is 8.36. The fraction of sp³-hybridized carbons (Fsp3) is 0.333. The predicted octanol–water partition coefficient (Wildman–Crippen LogP) is 3.01. The Morgan fingerprint density at radius 1 is 1.15 bits per heavy atom. The van der Waals surface area contributed by atoms with Crippen LogP contribution in [-0.4, -0.2) is 4.57 Å². The van der Waals surface area contributed by atoms with Gasteiger partial charge in [-0.05, 0) is 25.5 Å². The molecule has 1 heterocycles. The quantitative estimate of drug-likeness (QED) is 0.615. The third-order valence-electron chi connectivity index (χ3n) is 2.71. The lowest BCUT2D eigenvalue weighted by molar-refractivity contribution is 0.896. The lowest BCUT2D eigenvalue weighted by Gasteiger charge is -2.12. The highest BCUT2D eigenvalue weighted by atomic mass is 14.9. The lowest BCUT2D eigenvalue weighted by Crippen LogP contribution is -1.97. The first-order valence-corrected chi connectivity index (χ1v) is 4.65. The minimum Gasteiger partial charge on any atom is -0.357 e.